The molecular weight excluding hydrogens is 276 g/mol. The van der Waals surface area contributed by atoms with Crippen LogP contribution in [0, 0.1) is 0 Å². The van der Waals surface area contributed by atoms with E-state index in [9.17, 15) is 24.3 Å². The molecule has 1 heterocycles. The van der Waals surface area contributed by atoms with Crippen LogP contribution in [0.25, 0.3) is 0 Å². The fraction of sp³-hybridized carbons (Fsp3) is 0.714. The molecule has 0 radical (unpaired) electrons. The first-order valence-corrected chi connectivity index (χ1v) is 7.32. The van der Waals surface area contributed by atoms with Gasteiger partial charge in [0.2, 0.25) is 17.7 Å². The number of imide groups is 1. The third kappa shape index (κ3) is 3.40. The molecule has 3 amide bonds. The lowest BCUT2D eigenvalue weighted by Crippen LogP contribution is -2.56. The minimum Gasteiger partial charge on any atom is -0.480 e. The first-order valence-electron chi connectivity index (χ1n) is 7.32. The molecule has 0 unspecified atom stereocenters. The zero-order chi connectivity index (χ0) is 15.5. The summed E-state index contributed by atoms with van der Waals surface area (Å²) in [7, 11) is 0. The number of hydrogen-bond acceptors (Lipinski definition) is 4. The van der Waals surface area contributed by atoms with Crippen molar-refractivity contribution in [1.29, 1.82) is 0 Å². The third-order valence-electron chi connectivity index (χ3n) is 4.21. The van der Waals surface area contributed by atoms with E-state index >= 15 is 0 Å². The minimum atomic E-state index is -1.19. The van der Waals surface area contributed by atoms with Crippen molar-refractivity contribution in [1.82, 2.24) is 10.2 Å². The van der Waals surface area contributed by atoms with Gasteiger partial charge in [-0.3, -0.25) is 19.3 Å². The predicted octanol–water partition coefficient (Wildman–Crippen LogP) is 0.429. The number of carbonyl (C=O) groups is 4. The van der Waals surface area contributed by atoms with Crippen LogP contribution in [0.1, 0.15) is 51.4 Å². The maximum absolute atomic E-state index is 12.0. The van der Waals surface area contributed by atoms with Gasteiger partial charge in [0.25, 0.3) is 0 Å². The van der Waals surface area contributed by atoms with Gasteiger partial charge in [-0.2, -0.15) is 0 Å². The van der Waals surface area contributed by atoms with Gasteiger partial charge >= 0.3 is 5.97 Å². The van der Waals surface area contributed by atoms with Crippen molar-refractivity contribution in [3.63, 3.8) is 0 Å². The first-order chi connectivity index (χ1) is 9.94. The lowest BCUT2D eigenvalue weighted by atomic mass is 9.81. The lowest BCUT2D eigenvalue weighted by molar-refractivity contribution is -0.149. The predicted molar refractivity (Wildman–Crippen MR) is 72.2 cm³/mol. The Labute approximate surface area is 122 Å². The molecule has 1 saturated carbocycles. The third-order valence-corrected chi connectivity index (χ3v) is 4.21. The Bertz CT molecular complexity index is 452. The highest BCUT2D eigenvalue weighted by Gasteiger charge is 2.41. The van der Waals surface area contributed by atoms with E-state index in [2.05, 4.69) is 5.32 Å². The van der Waals surface area contributed by atoms with Gasteiger partial charge in [0.05, 0.1) is 0 Å². The molecule has 0 spiro atoms. The van der Waals surface area contributed by atoms with Gasteiger partial charge in [-0.05, 0) is 12.8 Å². The summed E-state index contributed by atoms with van der Waals surface area (Å²) >= 11 is 0. The molecule has 7 nitrogen and oxygen atoms in total. The monoisotopic (exact) mass is 296 g/mol. The van der Waals surface area contributed by atoms with E-state index in [4.69, 9.17) is 0 Å². The van der Waals surface area contributed by atoms with Crippen LogP contribution in [-0.4, -0.2) is 45.8 Å². The van der Waals surface area contributed by atoms with Crippen molar-refractivity contribution in [2.24, 2.45) is 0 Å². The van der Waals surface area contributed by atoms with E-state index in [1.54, 1.807) is 0 Å². The Morgan fingerprint density at radius 2 is 1.67 bits per heavy atom. The number of hydrogen-bond donors (Lipinski definition) is 2. The maximum atomic E-state index is 12.0. The van der Waals surface area contributed by atoms with Crippen LogP contribution >= 0.6 is 0 Å². The molecule has 0 aromatic rings. The van der Waals surface area contributed by atoms with Gasteiger partial charge in [0.15, 0.2) is 0 Å². The Morgan fingerprint density at radius 3 is 2.19 bits per heavy atom. The van der Waals surface area contributed by atoms with Crippen molar-refractivity contribution in [2.75, 3.05) is 6.54 Å². The lowest BCUT2D eigenvalue weighted by Gasteiger charge is -2.34. The highest BCUT2D eigenvalue weighted by atomic mass is 16.4. The second-order valence-corrected chi connectivity index (χ2v) is 5.69. The van der Waals surface area contributed by atoms with Crippen LogP contribution in [0.3, 0.4) is 0 Å². The van der Waals surface area contributed by atoms with Crippen molar-refractivity contribution in [3.05, 3.63) is 0 Å². The minimum absolute atomic E-state index is 0.0270. The van der Waals surface area contributed by atoms with Gasteiger partial charge in [0.1, 0.15) is 5.54 Å². The van der Waals surface area contributed by atoms with E-state index in [-0.39, 0.29) is 37.6 Å². The second kappa shape index (κ2) is 6.24. The average molecular weight is 296 g/mol. The molecule has 0 atom stereocenters. The number of carboxylic acids is 1. The largest absolute Gasteiger partial charge is 0.480 e. The first kappa shape index (κ1) is 15.5. The van der Waals surface area contributed by atoms with Crippen molar-refractivity contribution < 1.29 is 24.3 Å². The zero-order valence-electron chi connectivity index (χ0n) is 11.9. The normalized spacial score (nSPS) is 21.4. The second-order valence-electron chi connectivity index (χ2n) is 5.69. The molecule has 0 bridgehead atoms. The van der Waals surface area contributed by atoms with Gasteiger partial charge in [-0.15, -0.1) is 0 Å². The number of nitrogens with zero attached hydrogens (tertiary/aromatic N) is 1. The summed E-state index contributed by atoms with van der Waals surface area (Å²) in [5, 5.41) is 12.0. The number of likely N-dealkylation sites (tertiary alicyclic amines) is 1. The summed E-state index contributed by atoms with van der Waals surface area (Å²) in [6.45, 7) is 0.0270. The van der Waals surface area contributed by atoms with E-state index in [0.717, 1.165) is 24.2 Å². The SMILES string of the molecule is O=C(CCN1C(=O)CCC1=O)NC1(C(=O)O)CCCCC1. The molecular formula is C14H20N2O5. The summed E-state index contributed by atoms with van der Waals surface area (Å²) in [6.07, 6.45) is 3.71. The van der Waals surface area contributed by atoms with Crippen LogP contribution in [0.4, 0.5) is 0 Å². The number of amides is 3. The van der Waals surface area contributed by atoms with Gasteiger partial charge in [0, 0.05) is 25.8 Å². The summed E-state index contributed by atoms with van der Waals surface area (Å²) < 4.78 is 0. The molecule has 2 N–H and O–H groups in total. The van der Waals surface area contributed by atoms with Crippen LogP contribution in [0.15, 0.2) is 0 Å². The van der Waals surface area contributed by atoms with Crippen LogP contribution < -0.4 is 5.32 Å². The molecule has 1 aliphatic carbocycles. The summed E-state index contributed by atoms with van der Waals surface area (Å²) in [4.78, 5) is 47.4. The van der Waals surface area contributed by atoms with Crippen LogP contribution in [0.5, 0.6) is 0 Å². The van der Waals surface area contributed by atoms with Gasteiger partial charge in [-0.25, -0.2) is 4.79 Å². The van der Waals surface area contributed by atoms with Crippen molar-refractivity contribution in [3.8, 4) is 0 Å². The molecule has 2 aliphatic rings. The zero-order valence-corrected chi connectivity index (χ0v) is 11.9. The highest BCUT2D eigenvalue weighted by Crippen LogP contribution is 2.28. The molecule has 2 rings (SSSR count). The topological polar surface area (TPSA) is 104 Å². The Kier molecular flexibility index (Phi) is 4.59. The number of carboxylic acid groups (broad SMARTS) is 1. The standard InChI is InChI=1S/C14H20N2O5/c17-10(6-9-16-11(18)4-5-12(16)19)15-14(13(20)21)7-2-1-3-8-14/h1-9H2,(H,15,17)(H,20,21). The van der Waals surface area contributed by atoms with E-state index in [0.29, 0.717) is 12.8 Å². The van der Waals surface area contributed by atoms with E-state index in [1.165, 1.54) is 0 Å². The van der Waals surface area contributed by atoms with E-state index < -0.39 is 17.4 Å². The number of carbonyl (C=O) groups excluding carboxylic acids is 3. The molecule has 7 heteroatoms. The smallest absolute Gasteiger partial charge is 0.329 e. The highest BCUT2D eigenvalue weighted by molar-refractivity contribution is 6.02. The van der Waals surface area contributed by atoms with Crippen LogP contribution in [0.2, 0.25) is 0 Å². The van der Waals surface area contributed by atoms with Crippen molar-refractivity contribution in [2.45, 2.75) is 56.9 Å². The number of aliphatic carboxylic acids is 1. The quantitative estimate of drug-likeness (QED) is 0.716. The van der Waals surface area contributed by atoms with Gasteiger partial charge in [-0.1, -0.05) is 19.3 Å². The molecule has 1 aliphatic heterocycles. The van der Waals surface area contributed by atoms with E-state index in [1.807, 2.05) is 0 Å². The van der Waals surface area contributed by atoms with Gasteiger partial charge < -0.3 is 10.4 Å². The number of nitrogens with one attached hydrogen (secondary N) is 1. The van der Waals surface area contributed by atoms with Crippen LogP contribution in [-0.2, 0) is 19.2 Å². The molecule has 2 fully saturated rings. The molecule has 1 saturated heterocycles. The maximum Gasteiger partial charge on any atom is 0.329 e. The summed E-state index contributed by atoms with van der Waals surface area (Å²) in [5.74, 6) is -1.97. The molecule has 0 aromatic heterocycles. The fourth-order valence-electron chi connectivity index (χ4n) is 2.96. The molecule has 116 valence electrons. The fourth-order valence-corrected chi connectivity index (χ4v) is 2.96. The molecule has 21 heavy (non-hydrogen) atoms. The Hall–Kier alpha value is -1.92. The average Bonchev–Trinajstić information content (AvgIpc) is 2.76. The Balaban J connectivity index is 1.89. The molecule has 0 aromatic carbocycles. The number of rotatable bonds is 5. The summed E-state index contributed by atoms with van der Waals surface area (Å²) in [5.41, 5.74) is -1.19. The van der Waals surface area contributed by atoms with Crippen molar-refractivity contribution >= 4 is 23.7 Å². The Morgan fingerprint density at radius 1 is 1.10 bits per heavy atom. The summed E-state index contributed by atoms with van der Waals surface area (Å²) in [6, 6.07) is 0.